The van der Waals surface area contributed by atoms with E-state index in [1.54, 1.807) is 0 Å². The van der Waals surface area contributed by atoms with Crippen LogP contribution in [0, 0.1) is 11.8 Å². The van der Waals surface area contributed by atoms with Crippen LogP contribution in [0.25, 0.3) is 5.52 Å². The Labute approximate surface area is 90.0 Å². The summed E-state index contributed by atoms with van der Waals surface area (Å²) in [6.07, 6.45) is 6.38. The fourth-order valence-electron chi connectivity index (χ4n) is 2.58. The van der Waals surface area contributed by atoms with E-state index in [0.29, 0.717) is 0 Å². The monoisotopic (exact) mass is 200 g/mol. The highest BCUT2D eigenvalue weighted by Crippen LogP contribution is 2.31. The molecule has 0 aromatic carbocycles. The second-order valence-corrected chi connectivity index (χ2v) is 4.89. The third-order valence-corrected chi connectivity index (χ3v) is 3.60. The fraction of sp³-hybridized carbons (Fsp3) is 0.462. The first kappa shape index (κ1) is 8.96. The van der Waals surface area contributed by atoms with Gasteiger partial charge in [-0.05, 0) is 36.3 Å². The van der Waals surface area contributed by atoms with Crippen molar-refractivity contribution in [1.29, 1.82) is 0 Å². The summed E-state index contributed by atoms with van der Waals surface area (Å²) < 4.78 is 2.15. The van der Waals surface area contributed by atoms with Crippen LogP contribution in [-0.2, 0) is 12.8 Å². The lowest BCUT2D eigenvalue weighted by atomic mass is 9.81. The van der Waals surface area contributed by atoms with E-state index in [-0.39, 0.29) is 0 Å². The Hall–Kier alpha value is -1.31. The lowest BCUT2D eigenvalue weighted by Crippen LogP contribution is -2.19. The molecule has 0 radical (unpaired) electrons. The van der Waals surface area contributed by atoms with Gasteiger partial charge in [0.05, 0.1) is 17.5 Å². The summed E-state index contributed by atoms with van der Waals surface area (Å²) in [6, 6.07) is 4.37. The number of aromatic nitrogens is 2. The molecule has 0 spiro atoms. The maximum atomic E-state index is 4.52. The third-order valence-electron chi connectivity index (χ3n) is 3.60. The van der Waals surface area contributed by atoms with E-state index in [9.17, 15) is 0 Å². The molecule has 0 amide bonds. The topological polar surface area (TPSA) is 17.3 Å². The molecule has 78 valence electrons. The average Bonchev–Trinajstić information content (AvgIpc) is 2.64. The van der Waals surface area contributed by atoms with E-state index in [1.807, 2.05) is 6.33 Å². The Morgan fingerprint density at radius 1 is 1.40 bits per heavy atom. The molecular weight excluding hydrogens is 184 g/mol. The van der Waals surface area contributed by atoms with Crippen molar-refractivity contribution in [2.45, 2.75) is 26.7 Å². The van der Waals surface area contributed by atoms with E-state index >= 15 is 0 Å². The summed E-state index contributed by atoms with van der Waals surface area (Å²) in [5.41, 5.74) is 4.11. The average molecular weight is 200 g/mol. The van der Waals surface area contributed by atoms with Crippen molar-refractivity contribution < 1.29 is 0 Å². The van der Waals surface area contributed by atoms with Crippen LogP contribution >= 0.6 is 0 Å². The lowest BCUT2D eigenvalue weighted by molar-refractivity contribution is 0.373. The molecule has 2 heteroatoms. The minimum absolute atomic E-state index is 0.745. The molecule has 1 aliphatic rings. The van der Waals surface area contributed by atoms with E-state index < -0.39 is 0 Å². The Morgan fingerprint density at radius 2 is 2.27 bits per heavy atom. The Bertz CT molecular complexity index is 496. The number of hydrogen-bond donors (Lipinski definition) is 0. The number of imidazole rings is 1. The molecule has 15 heavy (non-hydrogen) atoms. The molecular formula is C13H16N2. The third kappa shape index (κ3) is 1.28. The van der Waals surface area contributed by atoms with Gasteiger partial charge in [0.15, 0.2) is 0 Å². The highest BCUT2D eigenvalue weighted by Gasteiger charge is 2.24. The standard InChI is InChI=1S/C13H16N2/c1-9(2)11-6-10-4-3-5-15-8-14-12(7-11)13(10)15/h3-5,8-9,11H,6-7H2,1-2H3. The van der Waals surface area contributed by atoms with Gasteiger partial charge in [0, 0.05) is 6.20 Å². The van der Waals surface area contributed by atoms with Crippen molar-refractivity contribution >= 4 is 5.52 Å². The number of pyridine rings is 1. The van der Waals surface area contributed by atoms with Crippen LogP contribution in [0.15, 0.2) is 24.7 Å². The molecule has 2 heterocycles. The first-order valence-electron chi connectivity index (χ1n) is 5.69. The van der Waals surface area contributed by atoms with Crippen molar-refractivity contribution in [1.82, 2.24) is 9.38 Å². The highest BCUT2D eigenvalue weighted by molar-refractivity contribution is 5.61. The molecule has 1 aliphatic carbocycles. The lowest BCUT2D eigenvalue weighted by Gasteiger charge is -2.24. The molecule has 2 aromatic heterocycles. The van der Waals surface area contributed by atoms with Crippen LogP contribution in [0.2, 0.25) is 0 Å². The number of nitrogens with zero attached hydrogens (tertiary/aromatic N) is 2. The zero-order valence-corrected chi connectivity index (χ0v) is 9.27. The van der Waals surface area contributed by atoms with Gasteiger partial charge in [-0.2, -0.15) is 0 Å². The van der Waals surface area contributed by atoms with Crippen molar-refractivity contribution in [3.05, 3.63) is 35.9 Å². The summed E-state index contributed by atoms with van der Waals surface area (Å²) in [5.74, 6) is 1.51. The smallest absolute Gasteiger partial charge is 0.0995 e. The van der Waals surface area contributed by atoms with Gasteiger partial charge in [-0.3, -0.25) is 0 Å². The maximum absolute atomic E-state index is 4.52. The molecule has 3 rings (SSSR count). The van der Waals surface area contributed by atoms with E-state index in [2.05, 4.69) is 41.6 Å². The molecule has 0 bridgehead atoms. The molecule has 2 nitrogen and oxygen atoms in total. The maximum Gasteiger partial charge on any atom is 0.0995 e. The molecule has 0 saturated carbocycles. The van der Waals surface area contributed by atoms with Gasteiger partial charge in [-0.25, -0.2) is 4.98 Å². The zero-order valence-electron chi connectivity index (χ0n) is 9.27. The van der Waals surface area contributed by atoms with Crippen LogP contribution in [0.5, 0.6) is 0 Å². The predicted molar refractivity (Wildman–Crippen MR) is 60.9 cm³/mol. The van der Waals surface area contributed by atoms with E-state index in [4.69, 9.17) is 0 Å². The first-order chi connectivity index (χ1) is 7.25. The molecule has 0 N–H and O–H groups in total. The van der Waals surface area contributed by atoms with Gasteiger partial charge in [0.25, 0.3) is 0 Å². The Balaban J connectivity index is 2.16. The van der Waals surface area contributed by atoms with E-state index in [1.165, 1.54) is 23.2 Å². The Morgan fingerprint density at radius 3 is 3.07 bits per heavy atom. The summed E-state index contributed by atoms with van der Waals surface area (Å²) in [7, 11) is 0. The molecule has 0 aliphatic heterocycles. The summed E-state index contributed by atoms with van der Waals surface area (Å²) in [6.45, 7) is 4.62. The van der Waals surface area contributed by atoms with Crippen LogP contribution in [-0.4, -0.2) is 9.38 Å². The van der Waals surface area contributed by atoms with Gasteiger partial charge >= 0.3 is 0 Å². The normalized spacial score (nSPS) is 20.1. The fourth-order valence-corrected chi connectivity index (χ4v) is 2.58. The Kier molecular flexibility index (Phi) is 1.84. The molecule has 1 unspecified atom stereocenters. The van der Waals surface area contributed by atoms with Gasteiger partial charge in [0.2, 0.25) is 0 Å². The minimum atomic E-state index is 0.745. The largest absolute Gasteiger partial charge is 0.306 e. The minimum Gasteiger partial charge on any atom is -0.306 e. The van der Waals surface area contributed by atoms with Gasteiger partial charge in [-0.1, -0.05) is 19.9 Å². The molecule has 1 atom stereocenters. The molecule has 0 fully saturated rings. The van der Waals surface area contributed by atoms with Crippen LogP contribution in [0.4, 0.5) is 0 Å². The predicted octanol–water partition coefficient (Wildman–Crippen LogP) is 2.71. The summed E-state index contributed by atoms with van der Waals surface area (Å²) >= 11 is 0. The summed E-state index contributed by atoms with van der Waals surface area (Å²) in [5, 5.41) is 0. The van der Waals surface area contributed by atoms with Gasteiger partial charge in [0.1, 0.15) is 0 Å². The number of rotatable bonds is 1. The van der Waals surface area contributed by atoms with Gasteiger partial charge < -0.3 is 4.40 Å². The van der Waals surface area contributed by atoms with Crippen LogP contribution < -0.4 is 0 Å². The van der Waals surface area contributed by atoms with Crippen LogP contribution in [0.3, 0.4) is 0 Å². The van der Waals surface area contributed by atoms with Crippen molar-refractivity contribution in [2.75, 3.05) is 0 Å². The quantitative estimate of drug-likeness (QED) is 0.692. The number of hydrogen-bond acceptors (Lipinski definition) is 1. The van der Waals surface area contributed by atoms with Crippen molar-refractivity contribution in [3.63, 3.8) is 0 Å². The van der Waals surface area contributed by atoms with Crippen molar-refractivity contribution in [2.24, 2.45) is 11.8 Å². The zero-order chi connectivity index (χ0) is 10.4. The second-order valence-electron chi connectivity index (χ2n) is 4.89. The second kappa shape index (κ2) is 3.09. The first-order valence-corrected chi connectivity index (χ1v) is 5.69. The summed E-state index contributed by atoms with van der Waals surface area (Å²) in [4.78, 5) is 4.52. The van der Waals surface area contributed by atoms with Crippen molar-refractivity contribution in [3.8, 4) is 0 Å². The van der Waals surface area contributed by atoms with Gasteiger partial charge in [-0.15, -0.1) is 0 Å². The highest BCUT2D eigenvalue weighted by atomic mass is 15.0. The SMILES string of the molecule is CC(C)C1Cc2cccn3cnc(c23)C1. The van der Waals surface area contributed by atoms with Crippen LogP contribution in [0.1, 0.15) is 25.1 Å². The molecule has 0 saturated heterocycles. The molecule has 2 aromatic rings. The van der Waals surface area contributed by atoms with E-state index in [0.717, 1.165) is 18.3 Å².